The molecule has 0 bridgehead atoms. The van der Waals surface area contributed by atoms with Crippen molar-refractivity contribution >= 4 is 5.82 Å². The number of nitrogens with zero attached hydrogens (tertiary/aromatic N) is 5. The lowest BCUT2D eigenvalue weighted by atomic mass is 9.97. The monoisotopic (exact) mass is 338 g/mol. The van der Waals surface area contributed by atoms with Gasteiger partial charge in [-0.1, -0.05) is 6.07 Å². The van der Waals surface area contributed by atoms with Gasteiger partial charge in [-0.05, 0) is 18.6 Å². The zero-order valence-corrected chi connectivity index (χ0v) is 14.4. The number of ether oxygens (including phenoxy) is 1. The van der Waals surface area contributed by atoms with Crippen LogP contribution < -0.4 is 5.32 Å². The molecule has 2 aromatic heterocycles. The van der Waals surface area contributed by atoms with Crippen molar-refractivity contribution in [3.63, 3.8) is 0 Å². The van der Waals surface area contributed by atoms with Crippen molar-refractivity contribution in [1.29, 1.82) is 5.26 Å². The minimum Gasteiger partial charge on any atom is -0.371 e. The summed E-state index contributed by atoms with van der Waals surface area (Å²) in [5, 5.41) is 16.6. The number of aryl methyl sites for hydroxylation is 1. The van der Waals surface area contributed by atoms with Gasteiger partial charge >= 0.3 is 0 Å². The maximum absolute atomic E-state index is 8.97. The van der Waals surface area contributed by atoms with Crippen molar-refractivity contribution in [2.75, 3.05) is 25.0 Å². The van der Waals surface area contributed by atoms with Gasteiger partial charge in [0.2, 0.25) is 0 Å². The van der Waals surface area contributed by atoms with Gasteiger partial charge in [0, 0.05) is 44.9 Å². The summed E-state index contributed by atoms with van der Waals surface area (Å²) >= 11 is 0. The Labute approximate surface area is 147 Å². The molecule has 0 radical (unpaired) electrons. The molecule has 7 nitrogen and oxygen atoms in total. The highest BCUT2D eigenvalue weighted by atomic mass is 16.5. The molecular weight excluding hydrogens is 316 g/mol. The lowest BCUT2D eigenvalue weighted by Crippen LogP contribution is -2.33. The fourth-order valence-corrected chi connectivity index (χ4v) is 3.88. The highest BCUT2D eigenvalue weighted by Gasteiger charge is 2.45. The predicted octanol–water partition coefficient (Wildman–Crippen LogP) is 1.53. The summed E-state index contributed by atoms with van der Waals surface area (Å²) in [7, 11) is 1.95. The van der Waals surface area contributed by atoms with E-state index in [1.807, 2.05) is 30.1 Å². The molecule has 4 rings (SSSR count). The number of hydrogen-bond acceptors (Lipinski definition) is 6. The lowest BCUT2D eigenvalue weighted by Gasteiger charge is -2.23. The van der Waals surface area contributed by atoms with Gasteiger partial charge in [0.15, 0.2) is 0 Å². The van der Waals surface area contributed by atoms with Gasteiger partial charge in [-0.25, -0.2) is 4.98 Å². The summed E-state index contributed by atoms with van der Waals surface area (Å²) < 4.78 is 8.04. The number of hydrogen-bond donors (Lipinski definition) is 1. The molecule has 0 unspecified atom stereocenters. The van der Waals surface area contributed by atoms with Crippen LogP contribution in [0.25, 0.3) is 0 Å². The fraction of sp³-hybridized carbons (Fsp3) is 0.500. The van der Waals surface area contributed by atoms with Crippen LogP contribution in [0.4, 0.5) is 5.82 Å². The third-order valence-corrected chi connectivity index (χ3v) is 4.98. The molecule has 0 aliphatic carbocycles. The Morgan fingerprint density at radius 2 is 2.40 bits per heavy atom. The fourth-order valence-electron chi connectivity index (χ4n) is 3.88. The molecule has 0 saturated carbocycles. The predicted molar refractivity (Wildman–Crippen MR) is 92.8 cm³/mol. The molecule has 25 heavy (non-hydrogen) atoms. The Kier molecular flexibility index (Phi) is 4.15. The normalized spacial score (nSPS) is 26.2. The van der Waals surface area contributed by atoms with Crippen LogP contribution in [0.5, 0.6) is 0 Å². The maximum Gasteiger partial charge on any atom is 0.142 e. The smallest absolute Gasteiger partial charge is 0.142 e. The molecule has 2 atom stereocenters. The zero-order valence-electron chi connectivity index (χ0n) is 14.4. The topological polar surface area (TPSA) is 79.0 Å². The van der Waals surface area contributed by atoms with Crippen LogP contribution in [0.3, 0.4) is 0 Å². The van der Waals surface area contributed by atoms with Crippen molar-refractivity contribution in [3.05, 3.63) is 41.9 Å². The van der Waals surface area contributed by atoms with E-state index in [9.17, 15) is 0 Å². The van der Waals surface area contributed by atoms with Gasteiger partial charge in [-0.3, -0.25) is 9.58 Å². The molecule has 1 N–H and O–H groups in total. The van der Waals surface area contributed by atoms with Crippen molar-refractivity contribution in [2.45, 2.75) is 31.0 Å². The number of aromatic nitrogens is 3. The lowest BCUT2D eigenvalue weighted by molar-refractivity contribution is 0.0120. The van der Waals surface area contributed by atoms with Crippen molar-refractivity contribution in [1.82, 2.24) is 19.7 Å². The maximum atomic E-state index is 8.97. The third kappa shape index (κ3) is 3.50. The van der Waals surface area contributed by atoms with Crippen molar-refractivity contribution in [3.8, 4) is 6.07 Å². The molecular formula is C18H22N6O. The van der Waals surface area contributed by atoms with Crippen LogP contribution >= 0.6 is 0 Å². The Morgan fingerprint density at radius 3 is 3.20 bits per heavy atom. The summed E-state index contributed by atoms with van der Waals surface area (Å²) in [5.74, 6) is 0.745. The van der Waals surface area contributed by atoms with Crippen LogP contribution in [-0.4, -0.2) is 51.0 Å². The second-order valence-corrected chi connectivity index (χ2v) is 7.04. The molecule has 2 fully saturated rings. The van der Waals surface area contributed by atoms with Crippen molar-refractivity contribution in [2.24, 2.45) is 7.05 Å². The quantitative estimate of drug-likeness (QED) is 0.911. The van der Waals surface area contributed by atoms with Crippen LogP contribution in [-0.2, 0) is 18.3 Å². The van der Waals surface area contributed by atoms with Crippen LogP contribution in [0.1, 0.15) is 24.1 Å². The molecule has 0 aromatic carbocycles. The molecule has 4 heterocycles. The first-order valence-electron chi connectivity index (χ1n) is 8.62. The molecule has 1 spiro atoms. The first-order chi connectivity index (χ1) is 12.1. The molecule has 2 aliphatic heterocycles. The summed E-state index contributed by atoms with van der Waals surface area (Å²) in [5.41, 5.74) is 1.61. The van der Waals surface area contributed by atoms with E-state index in [1.165, 1.54) is 5.56 Å². The molecule has 2 saturated heterocycles. The van der Waals surface area contributed by atoms with Gasteiger partial charge in [0.1, 0.15) is 17.6 Å². The summed E-state index contributed by atoms with van der Waals surface area (Å²) in [6.45, 7) is 3.59. The highest BCUT2D eigenvalue weighted by Crippen LogP contribution is 2.36. The second kappa shape index (κ2) is 6.47. The molecule has 0 amide bonds. The summed E-state index contributed by atoms with van der Waals surface area (Å²) in [6.07, 6.45) is 6.02. The van der Waals surface area contributed by atoms with Gasteiger partial charge in [-0.15, -0.1) is 0 Å². The number of rotatable bonds is 4. The zero-order chi connectivity index (χ0) is 17.3. The average Bonchev–Trinajstić information content (AvgIpc) is 3.31. The highest BCUT2D eigenvalue weighted by molar-refractivity contribution is 5.39. The van der Waals surface area contributed by atoms with Gasteiger partial charge in [0.05, 0.1) is 24.4 Å². The Bertz CT molecular complexity index is 797. The largest absolute Gasteiger partial charge is 0.371 e. The van der Waals surface area contributed by atoms with Crippen molar-refractivity contribution < 1.29 is 4.74 Å². The third-order valence-electron chi connectivity index (χ3n) is 4.98. The van der Waals surface area contributed by atoms with E-state index in [4.69, 9.17) is 10.00 Å². The van der Waals surface area contributed by atoms with Crippen LogP contribution in [0, 0.1) is 11.3 Å². The van der Waals surface area contributed by atoms with E-state index < -0.39 is 0 Å². The molecule has 2 aromatic rings. The van der Waals surface area contributed by atoms with Crippen LogP contribution in [0.15, 0.2) is 30.6 Å². The molecule has 2 aliphatic rings. The number of likely N-dealkylation sites (tertiary alicyclic amines) is 1. The minimum atomic E-state index is -0.0628. The van der Waals surface area contributed by atoms with Crippen LogP contribution in [0.2, 0.25) is 0 Å². The first kappa shape index (κ1) is 16.1. The van der Waals surface area contributed by atoms with E-state index in [0.717, 1.165) is 38.3 Å². The first-order valence-corrected chi connectivity index (χ1v) is 8.62. The SMILES string of the molecule is Cn1cc(CN2CC[C@]3(C[C@H](Nc4cccc(C#N)n4)CO3)C2)cn1. The number of nitriles is 1. The standard InChI is InChI=1S/C18H22N6O/c1-23-10-14(9-20-23)11-24-6-5-18(13-24)7-16(12-25-18)22-17-4-2-3-15(8-19)21-17/h2-4,9-10,16H,5-7,11-13H2,1H3,(H,21,22)/t16-,18-/m0/s1. The number of nitrogens with one attached hydrogen (secondary N) is 1. The number of anilines is 1. The second-order valence-electron chi connectivity index (χ2n) is 7.04. The molecule has 130 valence electrons. The summed E-state index contributed by atoms with van der Waals surface area (Å²) in [6, 6.07) is 7.77. The Morgan fingerprint density at radius 1 is 1.48 bits per heavy atom. The minimum absolute atomic E-state index is 0.0628. The molecule has 7 heteroatoms. The van der Waals surface area contributed by atoms with E-state index in [2.05, 4.69) is 32.6 Å². The number of pyridine rings is 1. The van der Waals surface area contributed by atoms with E-state index >= 15 is 0 Å². The van der Waals surface area contributed by atoms with Gasteiger partial charge < -0.3 is 10.1 Å². The Hall–Kier alpha value is -2.43. The van der Waals surface area contributed by atoms with Gasteiger partial charge in [-0.2, -0.15) is 10.4 Å². The average molecular weight is 338 g/mol. The van der Waals surface area contributed by atoms with E-state index in [-0.39, 0.29) is 11.6 Å². The summed E-state index contributed by atoms with van der Waals surface area (Å²) in [4.78, 5) is 6.73. The van der Waals surface area contributed by atoms with Gasteiger partial charge in [0.25, 0.3) is 0 Å². The van der Waals surface area contributed by atoms with E-state index in [1.54, 1.807) is 6.07 Å². The van der Waals surface area contributed by atoms with E-state index in [0.29, 0.717) is 12.3 Å². The Balaban J connectivity index is 1.35.